The van der Waals surface area contributed by atoms with Gasteiger partial charge in [-0.1, -0.05) is 42.5 Å². The monoisotopic (exact) mass is 419 g/mol. The Labute approximate surface area is 178 Å². The van der Waals surface area contributed by atoms with Crippen LogP contribution in [-0.2, 0) is 25.4 Å². The van der Waals surface area contributed by atoms with Gasteiger partial charge in [0, 0.05) is 27.2 Å². The Morgan fingerprint density at radius 2 is 1.90 bits per heavy atom. The van der Waals surface area contributed by atoms with E-state index >= 15 is 0 Å². The fraction of sp³-hybridized carbons (Fsp3) is 0.348. The quantitative estimate of drug-likeness (QED) is 0.536. The van der Waals surface area contributed by atoms with Crippen LogP contribution in [-0.4, -0.2) is 37.9 Å². The van der Waals surface area contributed by atoms with E-state index in [0.717, 1.165) is 40.4 Å². The molecule has 5 rings (SSSR count). The van der Waals surface area contributed by atoms with Crippen molar-refractivity contribution in [1.29, 1.82) is 0 Å². The van der Waals surface area contributed by atoms with Crippen molar-refractivity contribution < 1.29 is 4.74 Å². The van der Waals surface area contributed by atoms with E-state index in [0.29, 0.717) is 30.2 Å². The van der Waals surface area contributed by atoms with Crippen molar-refractivity contribution in [3.05, 3.63) is 68.9 Å². The van der Waals surface area contributed by atoms with Crippen molar-refractivity contribution in [2.24, 2.45) is 14.1 Å². The average Bonchev–Trinajstić information content (AvgIpc) is 3.43. The second-order valence-electron chi connectivity index (χ2n) is 8.05. The normalized spacial score (nSPS) is 16.4. The molecule has 1 atom stereocenters. The number of anilines is 1. The lowest BCUT2D eigenvalue weighted by atomic mass is 10.0. The predicted molar refractivity (Wildman–Crippen MR) is 121 cm³/mol. The van der Waals surface area contributed by atoms with E-state index in [1.54, 1.807) is 7.05 Å². The molecule has 2 aromatic carbocycles. The molecule has 2 aromatic heterocycles. The van der Waals surface area contributed by atoms with Crippen LogP contribution in [0.2, 0.25) is 0 Å². The highest BCUT2D eigenvalue weighted by Gasteiger charge is 2.21. The van der Waals surface area contributed by atoms with Crippen LogP contribution >= 0.6 is 0 Å². The number of nitrogens with one attached hydrogen (secondary N) is 1. The minimum Gasteiger partial charge on any atom is -0.376 e. The molecule has 0 bridgehead atoms. The summed E-state index contributed by atoms with van der Waals surface area (Å²) in [4.78, 5) is 30.2. The number of nitrogens with zero attached hydrogens (tertiary/aromatic N) is 4. The molecule has 1 aliphatic rings. The molecular formula is C23H25N5O3. The zero-order valence-electron chi connectivity index (χ0n) is 17.7. The summed E-state index contributed by atoms with van der Waals surface area (Å²) >= 11 is 0. The Hall–Kier alpha value is -3.39. The van der Waals surface area contributed by atoms with Gasteiger partial charge in [0.1, 0.15) is 0 Å². The number of hydrogen-bond acceptors (Lipinski definition) is 5. The van der Waals surface area contributed by atoms with Gasteiger partial charge in [-0.15, -0.1) is 0 Å². The summed E-state index contributed by atoms with van der Waals surface area (Å²) in [7, 11) is 3.14. The largest absolute Gasteiger partial charge is 0.376 e. The van der Waals surface area contributed by atoms with Crippen molar-refractivity contribution in [3.8, 4) is 0 Å². The topological polar surface area (TPSA) is 83.1 Å². The first kappa shape index (κ1) is 19.6. The molecule has 1 N–H and O–H groups in total. The molecule has 8 nitrogen and oxygen atoms in total. The molecule has 160 valence electrons. The summed E-state index contributed by atoms with van der Waals surface area (Å²) in [6.07, 6.45) is 2.17. The lowest BCUT2D eigenvalue weighted by Gasteiger charge is -2.15. The summed E-state index contributed by atoms with van der Waals surface area (Å²) in [5.41, 5.74) is 1.12. The Morgan fingerprint density at radius 1 is 1.10 bits per heavy atom. The van der Waals surface area contributed by atoms with Crippen LogP contribution in [0, 0.1) is 0 Å². The third-order valence-electron chi connectivity index (χ3n) is 6.07. The smallest absolute Gasteiger partial charge is 0.332 e. The SMILES string of the molecule is Cn1c(=O)c2c(nc(NC[C@@H]3CCCO3)n2Cc2cccc3ccccc23)n(C)c1=O. The molecule has 0 radical (unpaired) electrons. The van der Waals surface area contributed by atoms with Gasteiger partial charge in [0.2, 0.25) is 5.95 Å². The molecule has 0 saturated carbocycles. The van der Waals surface area contributed by atoms with Gasteiger partial charge in [0.05, 0.1) is 12.6 Å². The molecule has 8 heteroatoms. The maximum absolute atomic E-state index is 13.1. The molecule has 3 heterocycles. The summed E-state index contributed by atoms with van der Waals surface area (Å²) in [5, 5.41) is 5.63. The second-order valence-corrected chi connectivity index (χ2v) is 8.05. The fourth-order valence-electron chi connectivity index (χ4n) is 4.35. The first-order valence-electron chi connectivity index (χ1n) is 10.5. The van der Waals surface area contributed by atoms with E-state index in [2.05, 4.69) is 34.6 Å². The minimum atomic E-state index is -0.391. The molecule has 4 aromatic rings. The van der Waals surface area contributed by atoms with E-state index in [1.807, 2.05) is 22.8 Å². The fourth-order valence-corrected chi connectivity index (χ4v) is 4.35. The zero-order chi connectivity index (χ0) is 21.5. The van der Waals surface area contributed by atoms with E-state index in [-0.39, 0.29) is 11.7 Å². The Bertz CT molecular complexity index is 1390. The van der Waals surface area contributed by atoms with Crippen molar-refractivity contribution >= 4 is 27.9 Å². The molecule has 1 aliphatic heterocycles. The van der Waals surface area contributed by atoms with Crippen molar-refractivity contribution in [2.45, 2.75) is 25.5 Å². The summed E-state index contributed by atoms with van der Waals surface area (Å²) < 4.78 is 10.2. The highest BCUT2D eigenvalue weighted by Crippen LogP contribution is 2.24. The van der Waals surface area contributed by atoms with Crippen LogP contribution in [0.25, 0.3) is 21.9 Å². The van der Waals surface area contributed by atoms with E-state index in [1.165, 1.54) is 11.6 Å². The van der Waals surface area contributed by atoms with Crippen LogP contribution in [0.1, 0.15) is 18.4 Å². The molecule has 1 saturated heterocycles. The van der Waals surface area contributed by atoms with Crippen LogP contribution in [0.3, 0.4) is 0 Å². The number of hydrogen-bond donors (Lipinski definition) is 1. The van der Waals surface area contributed by atoms with E-state index in [9.17, 15) is 9.59 Å². The van der Waals surface area contributed by atoms with Gasteiger partial charge in [-0.3, -0.25) is 18.5 Å². The van der Waals surface area contributed by atoms with Gasteiger partial charge in [0.15, 0.2) is 11.2 Å². The van der Waals surface area contributed by atoms with Crippen LogP contribution in [0.5, 0.6) is 0 Å². The lowest BCUT2D eigenvalue weighted by Crippen LogP contribution is -2.37. The number of imidazole rings is 1. The van der Waals surface area contributed by atoms with Crippen LogP contribution < -0.4 is 16.6 Å². The van der Waals surface area contributed by atoms with Crippen molar-refractivity contribution in [3.63, 3.8) is 0 Å². The van der Waals surface area contributed by atoms with Gasteiger partial charge in [0.25, 0.3) is 5.56 Å². The predicted octanol–water partition coefficient (Wildman–Crippen LogP) is 2.23. The maximum Gasteiger partial charge on any atom is 0.332 e. The van der Waals surface area contributed by atoms with Crippen molar-refractivity contribution in [2.75, 3.05) is 18.5 Å². The summed E-state index contributed by atoms with van der Waals surface area (Å²) in [5.74, 6) is 0.566. The first-order chi connectivity index (χ1) is 15.0. The first-order valence-corrected chi connectivity index (χ1v) is 10.5. The summed E-state index contributed by atoms with van der Waals surface area (Å²) in [6.45, 7) is 1.83. The standard InChI is InChI=1S/C23H25N5O3/c1-26-20-19(21(29)27(2)23(26)30)28(22(25-20)24-13-17-10-6-12-31-17)14-16-9-5-8-15-7-3-4-11-18(15)16/h3-5,7-9,11,17H,6,10,12-14H2,1-2H3,(H,24,25)/t17-/m0/s1. The Morgan fingerprint density at radius 3 is 2.71 bits per heavy atom. The third-order valence-corrected chi connectivity index (χ3v) is 6.07. The molecule has 0 spiro atoms. The molecule has 31 heavy (non-hydrogen) atoms. The lowest BCUT2D eigenvalue weighted by molar-refractivity contribution is 0.120. The number of benzene rings is 2. The molecule has 0 unspecified atom stereocenters. The zero-order valence-corrected chi connectivity index (χ0v) is 17.7. The third kappa shape index (κ3) is 3.33. The number of rotatable bonds is 5. The molecular weight excluding hydrogens is 394 g/mol. The average molecular weight is 419 g/mol. The van der Waals surface area contributed by atoms with Gasteiger partial charge >= 0.3 is 5.69 Å². The number of ether oxygens (including phenoxy) is 1. The van der Waals surface area contributed by atoms with E-state index < -0.39 is 5.69 Å². The van der Waals surface area contributed by atoms with Gasteiger partial charge in [-0.05, 0) is 29.2 Å². The highest BCUT2D eigenvalue weighted by atomic mass is 16.5. The Kier molecular flexibility index (Phi) is 4.86. The number of aryl methyl sites for hydroxylation is 1. The maximum atomic E-state index is 13.1. The van der Waals surface area contributed by atoms with Crippen LogP contribution in [0.4, 0.5) is 5.95 Å². The number of aromatic nitrogens is 4. The van der Waals surface area contributed by atoms with E-state index in [4.69, 9.17) is 4.74 Å². The Balaban J connectivity index is 1.67. The number of fused-ring (bicyclic) bond motifs is 2. The van der Waals surface area contributed by atoms with Crippen molar-refractivity contribution in [1.82, 2.24) is 18.7 Å². The molecule has 0 aliphatic carbocycles. The molecule has 1 fully saturated rings. The summed E-state index contributed by atoms with van der Waals surface area (Å²) in [6, 6.07) is 14.3. The van der Waals surface area contributed by atoms with Gasteiger partial charge in [-0.25, -0.2) is 4.79 Å². The second kappa shape index (κ2) is 7.70. The van der Waals surface area contributed by atoms with Gasteiger partial charge < -0.3 is 10.1 Å². The van der Waals surface area contributed by atoms with Gasteiger partial charge in [-0.2, -0.15) is 4.98 Å². The minimum absolute atomic E-state index is 0.123. The van der Waals surface area contributed by atoms with Crippen LogP contribution in [0.15, 0.2) is 52.1 Å². The highest BCUT2D eigenvalue weighted by molar-refractivity contribution is 5.86. The molecule has 0 amide bonds.